The topological polar surface area (TPSA) is 73.5 Å². The van der Waals surface area contributed by atoms with Gasteiger partial charge in [-0.15, -0.1) is 0 Å². The van der Waals surface area contributed by atoms with Crippen molar-refractivity contribution < 1.29 is 19.0 Å². The van der Waals surface area contributed by atoms with E-state index in [2.05, 4.69) is 6.07 Å². The second kappa shape index (κ2) is 10.2. The molecule has 0 N–H and O–H groups in total. The lowest BCUT2D eigenvalue weighted by atomic mass is 10.0. The molecule has 4 aromatic rings. The molecule has 0 bridgehead atoms. The summed E-state index contributed by atoms with van der Waals surface area (Å²) in [5, 5.41) is 9.62. The number of ether oxygens (including phenoxy) is 3. The first-order valence-corrected chi connectivity index (χ1v) is 10.5. The van der Waals surface area contributed by atoms with E-state index < -0.39 is 5.97 Å². The number of carbonyl (C=O) groups is 1. The van der Waals surface area contributed by atoms with Crippen molar-refractivity contribution in [2.75, 3.05) is 14.2 Å². The molecule has 3 aromatic carbocycles. The summed E-state index contributed by atoms with van der Waals surface area (Å²) in [5.74, 6) is 0.907. The second-order valence-electron chi connectivity index (χ2n) is 7.34. The molecule has 0 saturated heterocycles. The van der Waals surface area contributed by atoms with Gasteiger partial charge in [-0.2, -0.15) is 5.26 Å². The number of allylic oxidation sites excluding steroid dienone is 1. The lowest BCUT2D eigenvalue weighted by molar-refractivity contribution is 0.0729. The number of nitrogens with zero attached hydrogens (tertiary/aromatic N) is 2. The Labute approximate surface area is 197 Å². The third-order valence-electron chi connectivity index (χ3n) is 5.23. The molecule has 0 spiro atoms. The van der Waals surface area contributed by atoms with Crippen LogP contribution in [-0.4, -0.2) is 24.8 Å². The zero-order valence-electron chi connectivity index (χ0n) is 18.8. The Kier molecular flexibility index (Phi) is 6.76. The van der Waals surface area contributed by atoms with Crippen molar-refractivity contribution >= 4 is 17.6 Å². The Morgan fingerprint density at radius 1 is 0.853 bits per heavy atom. The molecular weight excluding hydrogens is 428 g/mol. The van der Waals surface area contributed by atoms with Crippen LogP contribution in [0.15, 0.2) is 91.3 Å². The fourth-order valence-corrected chi connectivity index (χ4v) is 3.41. The van der Waals surface area contributed by atoms with Gasteiger partial charge in [0.25, 0.3) is 0 Å². The molecule has 0 atom stereocenters. The molecule has 4 rings (SSSR count). The number of methoxy groups -OCH3 is 2. The van der Waals surface area contributed by atoms with Crippen LogP contribution in [0.5, 0.6) is 17.2 Å². The van der Waals surface area contributed by atoms with Crippen LogP contribution in [0.1, 0.15) is 21.5 Å². The van der Waals surface area contributed by atoms with Crippen LogP contribution in [-0.2, 0) is 0 Å². The maximum atomic E-state index is 12.7. The van der Waals surface area contributed by atoms with Crippen LogP contribution in [0.2, 0.25) is 0 Å². The Morgan fingerprint density at radius 2 is 1.53 bits per heavy atom. The molecule has 6 heteroatoms. The van der Waals surface area contributed by atoms with Crippen molar-refractivity contribution in [3.63, 3.8) is 0 Å². The van der Waals surface area contributed by atoms with Gasteiger partial charge in [-0.25, -0.2) is 4.79 Å². The first-order valence-electron chi connectivity index (χ1n) is 10.5. The minimum atomic E-state index is -0.489. The lowest BCUT2D eigenvalue weighted by Crippen LogP contribution is -2.09. The molecule has 34 heavy (non-hydrogen) atoms. The normalized spacial score (nSPS) is 10.9. The van der Waals surface area contributed by atoms with Crippen LogP contribution in [0.25, 0.3) is 17.3 Å². The summed E-state index contributed by atoms with van der Waals surface area (Å²) in [5.41, 5.74) is 3.35. The number of hydrogen-bond acceptors (Lipinski definition) is 5. The molecule has 0 fully saturated rings. The fraction of sp³-hybridized carbons (Fsp3) is 0.0714. The largest absolute Gasteiger partial charge is 0.497 e. The monoisotopic (exact) mass is 450 g/mol. The smallest absolute Gasteiger partial charge is 0.343 e. The van der Waals surface area contributed by atoms with Crippen LogP contribution >= 0.6 is 0 Å². The average Bonchev–Trinajstić information content (AvgIpc) is 3.43. The van der Waals surface area contributed by atoms with Crippen molar-refractivity contribution in [1.29, 1.82) is 5.26 Å². The predicted octanol–water partition coefficient (Wildman–Crippen LogP) is 5.78. The van der Waals surface area contributed by atoms with E-state index in [1.165, 1.54) is 7.11 Å². The quantitative estimate of drug-likeness (QED) is 0.154. The van der Waals surface area contributed by atoms with E-state index in [0.717, 1.165) is 16.8 Å². The average molecular weight is 450 g/mol. The Morgan fingerprint density at radius 3 is 2.15 bits per heavy atom. The van der Waals surface area contributed by atoms with E-state index >= 15 is 0 Å². The zero-order chi connectivity index (χ0) is 23.9. The van der Waals surface area contributed by atoms with Crippen LogP contribution in [0, 0.1) is 11.3 Å². The molecule has 168 valence electrons. The Balaban J connectivity index is 1.53. The lowest BCUT2D eigenvalue weighted by Gasteiger charge is -2.11. The number of benzene rings is 3. The van der Waals surface area contributed by atoms with Crippen LogP contribution in [0.3, 0.4) is 0 Å². The van der Waals surface area contributed by atoms with Crippen molar-refractivity contribution in [1.82, 2.24) is 4.57 Å². The standard InChI is InChI=1S/C28H22N2O4/c1-32-25-12-8-21(9-13-25)23(19-29)17-20-5-14-26(27(18-20)33-2)34-28(31)22-6-10-24(11-7-22)30-15-3-4-16-30/h3-18H,1-2H3/b23-17-. The highest BCUT2D eigenvalue weighted by Crippen LogP contribution is 2.31. The van der Waals surface area contributed by atoms with E-state index in [0.29, 0.717) is 28.4 Å². The first-order chi connectivity index (χ1) is 16.6. The van der Waals surface area contributed by atoms with Gasteiger partial charge in [0.2, 0.25) is 0 Å². The van der Waals surface area contributed by atoms with Crippen molar-refractivity contribution in [3.8, 4) is 29.0 Å². The molecule has 0 aliphatic heterocycles. The molecule has 0 amide bonds. The molecular formula is C28H22N2O4. The van der Waals surface area contributed by atoms with Gasteiger partial charge in [0, 0.05) is 18.1 Å². The van der Waals surface area contributed by atoms with Crippen LogP contribution in [0.4, 0.5) is 0 Å². The number of aromatic nitrogens is 1. The van der Waals surface area contributed by atoms with Gasteiger partial charge in [0.05, 0.1) is 31.4 Å². The van der Waals surface area contributed by atoms with E-state index in [4.69, 9.17) is 14.2 Å². The number of nitriles is 1. The summed E-state index contributed by atoms with van der Waals surface area (Å²) in [7, 11) is 3.09. The maximum absolute atomic E-state index is 12.7. The highest BCUT2D eigenvalue weighted by molar-refractivity contribution is 5.92. The predicted molar refractivity (Wildman–Crippen MR) is 130 cm³/mol. The van der Waals surface area contributed by atoms with Crippen molar-refractivity contribution in [3.05, 3.63) is 108 Å². The number of esters is 1. The minimum Gasteiger partial charge on any atom is -0.497 e. The fourth-order valence-electron chi connectivity index (χ4n) is 3.41. The molecule has 0 radical (unpaired) electrons. The Bertz CT molecular complexity index is 1350. The summed E-state index contributed by atoms with van der Waals surface area (Å²) in [6.45, 7) is 0. The van der Waals surface area contributed by atoms with Gasteiger partial charge in [0.15, 0.2) is 11.5 Å². The van der Waals surface area contributed by atoms with E-state index in [9.17, 15) is 10.1 Å². The summed E-state index contributed by atoms with van der Waals surface area (Å²) in [6.07, 6.45) is 5.61. The summed E-state index contributed by atoms with van der Waals surface area (Å²) in [6, 6.07) is 25.6. The molecule has 0 saturated carbocycles. The SMILES string of the molecule is COc1ccc(/C(C#N)=C\c2ccc(OC(=O)c3ccc(-n4cccc4)cc3)c(OC)c2)cc1. The van der Waals surface area contributed by atoms with Gasteiger partial charge in [-0.05, 0) is 90.0 Å². The van der Waals surface area contributed by atoms with E-state index in [1.807, 2.05) is 53.4 Å². The van der Waals surface area contributed by atoms with E-state index in [-0.39, 0.29) is 0 Å². The second-order valence-corrected chi connectivity index (χ2v) is 7.34. The zero-order valence-corrected chi connectivity index (χ0v) is 18.8. The van der Waals surface area contributed by atoms with Gasteiger partial charge in [0.1, 0.15) is 5.75 Å². The highest BCUT2D eigenvalue weighted by atomic mass is 16.6. The Hall–Kier alpha value is -4.76. The van der Waals surface area contributed by atoms with Gasteiger partial charge >= 0.3 is 5.97 Å². The molecule has 0 unspecified atom stereocenters. The first kappa shape index (κ1) is 22.4. The van der Waals surface area contributed by atoms with E-state index in [1.54, 1.807) is 55.7 Å². The number of carbonyl (C=O) groups excluding carboxylic acids is 1. The summed E-state index contributed by atoms with van der Waals surface area (Å²) >= 11 is 0. The van der Waals surface area contributed by atoms with Gasteiger partial charge in [-0.1, -0.05) is 6.07 Å². The van der Waals surface area contributed by atoms with Gasteiger partial charge < -0.3 is 18.8 Å². The summed E-state index contributed by atoms with van der Waals surface area (Å²) < 4.78 is 18.1. The molecule has 0 aliphatic carbocycles. The third-order valence-corrected chi connectivity index (χ3v) is 5.23. The highest BCUT2D eigenvalue weighted by Gasteiger charge is 2.13. The number of rotatable bonds is 7. The minimum absolute atomic E-state index is 0.294. The van der Waals surface area contributed by atoms with Crippen molar-refractivity contribution in [2.45, 2.75) is 0 Å². The third kappa shape index (κ3) is 5.00. The summed E-state index contributed by atoms with van der Waals surface area (Å²) in [4.78, 5) is 12.7. The van der Waals surface area contributed by atoms with Gasteiger partial charge in [-0.3, -0.25) is 0 Å². The molecule has 1 heterocycles. The molecule has 1 aromatic heterocycles. The maximum Gasteiger partial charge on any atom is 0.343 e. The number of hydrogen-bond donors (Lipinski definition) is 0. The molecule has 0 aliphatic rings. The van der Waals surface area contributed by atoms with Crippen molar-refractivity contribution in [2.24, 2.45) is 0 Å². The van der Waals surface area contributed by atoms with Crippen LogP contribution < -0.4 is 14.2 Å². The molecule has 6 nitrogen and oxygen atoms in total.